The summed E-state index contributed by atoms with van der Waals surface area (Å²) < 4.78 is 3.18. The molecule has 0 radical (unpaired) electrons. The van der Waals surface area contributed by atoms with Crippen LogP contribution in [-0.2, 0) is 13.5 Å². The summed E-state index contributed by atoms with van der Waals surface area (Å²) in [6.07, 6.45) is 5.54. The number of hydrogen-bond donors (Lipinski definition) is 1. The van der Waals surface area contributed by atoms with Crippen molar-refractivity contribution in [2.24, 2.45) is 7.05 Å². The van der Waals surface area contributed by atoms with Gasteiger partial charge >= 0.3 is 0 Å². The predicted octanol–water partition coefficient (Wildman–Crippen LogP) is 0.494. The van der Waals surface area contributed by atoms with Crippen molar-refractivity contribution in [1.29, 1.82) is 0 Å². The first-order valence-corrected chi connectivity index (χ1v) is 6.57. The Labute approximate surface area is 125 Å². The van der Waals surface area contributed by atoms with E-state index in [1.807, 2.05) is 19.3 Å². The van der Waals surface area contributed by atoms with Gasteiger partial charge in [-0.3, -0.25) is 4.68 Å². The highest BCUT2D eigenvalue weighted by atomic mass is 35.5. The van der Waals surface area contributed by atoms with E-state index >= 15 is 0 Å². The van der Waals surface area contributed by atoms with Gasteiger partial charge in [0.1, 0.15) is 12.7 Å². The van der Waals surface area contributed by atoms with E-state index in [1.54, 1.807) is 4.68 Å². The lowest BCUT2D eigenvalue weighted by Gasteiger charge is -2.05. The molecule has 0 aliphatic rings. The molecule has 1 N–H and O–H groups in total. The van der Waals surface area contributed by atoms with Crippen molar-refractivity contribution >= 4 is 17.5 Å². The van der Waals surface area contributed by atoms with Crippen LogP contribution in [0.3, 0.4) is 0 Å². The van der Waals surface area contributed by atoms with E-state index < -0.39 is 0 Å². The van der Waals surface area contributed by atoms with Crippen LogP contribution in [-0.4, -0.2) is 46.0 Å². The first-order valence-electron chi connectivity index (χ1n) is 6.20. The Kier molecular flexibility index (Phi) is 3.73. The Morgan fingerprint density at radius 2 is 2.19 bits per heavy atom. The second-order valence-corrected chi connectivity index (χ2v) is 4.56. The average Bonchev–Trinajstić information content (AvgIpc) is 3.10. The number of rotatable bonds is 5. The third-order valence-electron chi connectivity index (χ3n) is 2.65. The lowest BCUT2D eigenvalue weighted by atomic mass is 10.3. The summed E-state index contributed by atoms with van der Waals surface area (Å²) in [6.45, 7) is 0.633. The first-order chi connectivity index (χ1) is 10.2. The van der Waals surface area contributed by atoms with Gasteiger partial charge in [0, 0.05) is 26.2 Å². The zero-order valence-electron chi connectivity index (χ0n) is 11.2. The molecule has 0 spiro atoms. The molecule has 108 valence electrons. The topological polar surface area (TPSA) is 99.2 Å². The van der Waals surface area contributed by atoms with Crippen LogP contribution in [0.25, 0.3) is 5.95 Å². The second kappa shape index (κ2) is 5.83. The lowest BCUT2D eigenvalue weighted by molar-refractivity contribution is 0.740. The molecule has 0 bridgehead atoms. The van der Waals surface area contributed by atoms with Gasteiger partial charge in [-0.05, 0) is 17.7 Å². The van der Waals surface area contributed by atoms with Crippen LogP contribution in [0.4, 0.5) is 5.95 Å². The quantitative estimate of drug-likeness (QED) is 0.732. The van der Waals surface area contributed by atoms with E-state index in [9.17, 15) is 0 Å². The molecule has 0 aliphatic heterocycles. The predicted molar refractivity (Wildman–Crippen MR) is 75.2 cm³/mol. The molecule has 0 amide bonds. The number of halogens is 1. The Morgan fingerprint density at radius 3 is 2.90 bits per heavy atom. The summed E-state index contributed by atoms with van der Waals surface area (Å²) in [5.41, 5.74) is 0.988. The van der Waals surface area contributed by atoms with Crippen molar-refractivity contribution in [3.05, 3.63) is 35.9 Å². The van der Waals surface area contributed by atoms with Gasteiger partial charge in [-0.1, -0.05) is 0 Å². The maximum atomic E-state index is 5.89. The van der Waals surface area contributed by atoms with E-state index in [0.717, 1.165) is 12.1 Å². The molecule has 3 aromatic heterocycles. The molecule has 0 unspecified atom stereocenters. The molecule has 9 nitrogen and oxygen atoms in total. The van der Waals surface area contributed by atoms with Gasteiger partial charge in [0.2, 0.25) is 11.2 Å². The maximum Gasteiger partial charge on any atom is 0.258 e. The Hall–Kier alpha value is -2.55. The van der Waals surface area contributed by atoms with E-state index in [1.165, 1.54) is 17.3 Å². The van der Waals surface area contributed by atoms with Crippen LogP contribution in [0.1, 0.15) is 5.69 Å². The van der Waals surface area contributed by atoms with Gasteiger partial charge in [-0.25, -0.2) is 4.98 Å². The zero-order chi connectivity index (χ0) is 14.7. The summed E-state index contributed by atoms with van der Waals surface area (Å²) in [6, 6.07) is 1.96. The molecular weight excluding hydrogens is 294 g/mol. The minimum atomic E-state index is 0.0934. The van der Waals surface area contributed by atoms with Crippen LogP contribution >= 0.6 is 11.6 Å². The van der Waals surface area contributed by atoms with Crippen LogP contribution in [0.5, 0.6) is 0 Å². The van der Waals surface area contributed by atoms with Gasteiger partial charge in [0.05, 0.1) is 5.69 Å². The van der Waals surface area contributed by atoms with Crippen molar-refractivity contribution in [2.75, 3.05) is 11.9 Å². The van der Waals surface area contributed by atoms with Crippen LogP contribution in [0, 0.1) is 0 Å². The summed E-state index contributed by atoms with van der Waals surface area (Å²) in [4.78, 5) is 16.1. The van der Waals surface area contributed by atoms with Crippen molar-refractivity contribution in [2.45, 2.75) is 6.42 Å². The molecule has 3 aromatic rings. The Morgan fingerprint density at radius 1 is 1.29 bits per heavy atom. The molecule has 10 heteroatoms. The number of aryl methyl sites for hydroxylation is 1. The van der Waals surface area contributed by atoms with Crippen molar-refractivity contribution < 1.29 is 0 Å². The molecule has 0 saturated heterocycles. The SMILES string of the molecule is Cn1ccc(CCNc2nc(Cl)nc(-n3cncn3)n2)n1. The summed E-state index contributed by atoms with van der Waals surface area (Å²) >= 11 is 5.89. The van der Waals surface area contributed by atoms with Crippen molar-refractivity contribution in [1.82, 2.24) is 39.5 Å². The Bertz CT molecular complexity index is 721. The number of nitrogens with one attached hydrogen (secondary N) is 1. The molecule has 21 heavy (non-hydrogen) atoms. The van der Waals surface area contributed by atoms with Gasteiger partial charge in [0.25, 0.3) is 5.95 Å². The van der Waals surface area contributed by atoms with Gasteiger partial charge < -0.3 is 5.32 Å². The molecule has 0 aromatic carbocycles. The van der Waals surface area contributed by atoms with Crippen molar-refractivity contribution in [3.8, 4) is 5.95 Å². The van der Waals surface area contributed by atoms with Crippen LogP contribution in [0.2, 0.25) is 5.28 Å². The zero-order valence-corrected chi connectivity index (χ0v) is 11.9. The molecule has 0 saturated carbocycles. The molecule has 0 aliphatic carbocycles. The van der Waals surface area contributed by atoms with Gasteiger partial charge in [0.15, 0.2) is 0 Å². The van der Waals surface area contributed by atoms with Crippen LogP contribution < -0.4 is 5.32 Å². The molecular formula is C11H12ClN9. The van der Waals surface area contributed by atoms with E-state index in [4.69, 9.17) is 11.6 Å². The lowest BCUT2D eigenvalue weighted by Crippen LogP contribution is -2.12. The van der Waals surface area contributed by atoms with E-state index in [2.05, 4.69) is 35.5 Å². The molecule has 3 rings (SSSR count). The summed E-state index contributed by atoms with van der Waals surface area (Å²) in [5, 5.41) is 11.4. The minimum Gasteiger partial charge on any atom is -0.354 e. The van der Waals surface area contributed by atoms with Gasteiger partial charge in [-0.15, -0.1) is 0 Å². The fourth-order valence-electron chi connectivity index (χ4n) is 1.73. The highest BCUT2D eigenvalue weighted by Gasteiger charge is 2.07. The highest BCUT2D eigenvalue weighted by Crippen LogP contribution is 2.08. The Balaban J connectivity index is 1.68. The summed E-state index contributed by atoms with van der Waals surface area (Å²) in [5.74, 6) is 0.698. The third-order valence-corrected chi connectivity index (χ3v) is 2.82. The molecule has 0 fully saturated rings. The van der Waals surface area contributed by atoms with E-state index in [0.29, 0.717) is 18.4 Å². The molecule has 0 atom stereocenters. The van der Waals surface area contributed by atoms with E-state index in [-0.39, 0.29) is 5.28 Å². The molecule has 3 heterocycles. The monoisotopic (exact) mass is 305 g/mol. The highest BCUT2D eigenvalue weighted by molar-refractivity contribution is 6.28. The second-order valence-electron chi connectivity index (χ2n) is 4.23. The smallest absolute Gasteiger partial charge is 0.258 e. The standard InChI is InChI=1S/C11H12ClN9/c1-20-5-3-8(19-20)2-4-14-10-16-9(12)17-11(18-10)21-7-13-6-15-21/h3,5-7H,2,4H2,1H3,(H,14,16,17,18). The van der Waals surface area contributed by atoms with Gasteiger partial charge in [-0.2, -0.15) is 29.8 Å². The van der Waals surface area contributed by atoms with Crippen molar-refractivity contribution in [3.63, 3.8) is 0 Å². The van der Waals surface area contributed by atoms with Crippen LogP contribution in [0.15, 0.2) is 24.9 Å². The average molecular weight is 306 g/mol. The summed E-state index contributed by atoms with van der Waals surface area (Å²) in [7, 11) is 1.88. The fourth-order valence-corrected chi connectivity index (χ4v) is 1.89. The number of hydrogen-bond acceptors (Lipinski definition) is 7. The third kappa shape index (κ3) is 3.31. The normalized spacial score (nSPS) is 10.8. The fraction of sp³-hybridized carbons (Fsp3) is 0.273. The number of aromatic nitrogens is 8. The minimum absolute atomic E-state index is 0.0934. The number of anilines is 1. The first kappa shape index (κ1) is 13.4. The maximum absolute atomic E-state index is 5.89. The number of nitrogens with zero attached hydrogens (tertiary/aromatic N) is 8. The largest absolute Gasteiger partial charge is 0.354 e.